The summed E-state index contributed by atoms with van der Waals surface area (Å²) in [4.78, 5) is 26.4. The van der Waals surface area contributed by atoms with Crippen molar-refractivity contribution in [2.75, 3.05) is 12.4 Å². The molecule has 1 heterocycles. The highest BCUT2D eigenvalue weighted by atomic mass is 35.5. The molecule has 0 aliphatic carbocycles. The first-order valence-electron chi connectivity index (χ1n) is 8.10. The molecule has 30 heavy (non-hydrogen) atoms. The molecule has 0 radical (unpaired) electrons. The number of fused-ring (bicyclic) bond motifs is 1. The number of hydrogen-bond acceptors (Lipinski definition) is 7. The summed E-state index contributed by atoms with van der Waals surface area (Å²) in [6.07, 6.45) is -4.00. The quantitative estimate of drug-likeness (QED) is 0.650. The van der Waals surface area contributed by atoms with E-state index in [1.54, 1.807) is 0 Å². The predicted molar refractivity (Wildman–Crippen MR) is 96.7 cm³/mol. The van der Waals surface area contributed by atoms with Crippen molar-refractivity contribution in [3.63, 3.8) is 0 Å². The van der Waals surface area contributed by atoms with Crippen molar-refractivity contribution in [2.45, 2.75) is 6.18 Å². The van der Waals surface area contributed by atoms with Crippen LogP contribution in [-0.4, -0.2) is 24.0 Å². The lowest BCUT2D eigenvalue weighted by molar-refractivity contribution is -0.256. The number of para-hydroxylation sites is 1. The van der Waals surface area contributed by atoms with Gasteiger partial charge in [-0.2, -0.15) is 13.2 Å². The fraction of sp³-hybridized carbons (Fsp3) is 0.105. The van der Waals surface area contributed by atoms with Crippen LogP contribution in [0.25, 0.3) is 10.9 Å². The number of nitrogens with one attached hydrogen (secondary N) is 1. The van der Waals surface area contributed by atoms with E-state index in [0.717, 1.165) is 30.5 Å². The van der Waals surface area contributed by atoms with Gasteiger partial charge in [0.1, 0.15) is 5.75 Å². The van der Waals surface area contributed by atoms with Gasteiger partial charge in [-0.25, -0.2) is 0 Å². The Bertz CT molecular complexity index is 1180. The lowest BCUT2D eigenvalue weighted by Crippen LogP contribution is -2.24. The number of halogens is 4. The van der Waals surface area contributed by atoms with Gasteiger partial charge in [0, 0.05) is 28.8 Å². The summed E-state index contributed by atoms with van der Waals surface area (Å²) in [6, 6.07) is 5.29. The molecule has 0 unspecified atom stereocenters. The number of aromatic carboxylic acids is 2. The van der Waals surface area contributed by atoms with Crippen molar-refractivity contribution in [2.24, 2.45) is 0 Å². The van der Waals surface area contributed by atoms with Crippen molar-refractivity contribution < 1.29 is 37.7 Å². The van der Waals surface area contributed by atoms with Crippen LogP contribution in [0.3, 0.4) is 0 Å². The fourth-order valence-corrected chi connectivity index (χ4v) is 3.06. The van der Waals surface area contributed by atoms with Crippen LogP contribution in [0.5, 0.6) is 5.75 Å². The number of alkyl halides is 3. The Hall–Kier alpha value is -3.53. The topological polar surface area (TPSA) is 114 Å². The maximum absolute atomic E-state index is 13.3. The standard InChI is InChI=1S/C19H12ClF3N2O5/c1-30-14-6-13(12(20)5-9(14)17(26)27)25-15-8-3-2-4-11(19(21,22)23)16(8)24-7-10(15)18(28)29/h2-7H,1H3,(H,24,25)(H,26,27)(H,28,29)/p-2. The van der Waals surface area contributed by atoms with Crippen molar-refractivity contribution >= 4 is 45.8 Å². The average molecular weight is 439 g/mol. The van der Waals surface area contributed by atoms with Crippen molar-refractivity contribution in [3.8, 4) is 5.75 Å². The third kappa shape index (κ3) is 3.81. The van der Waals surface area contributed by atoms with E-state index in [1.165, 1.54) is 13.2 Å². The first-order valence-corrected chi connectivity index (χ1v) is 8.48. The average Bonchev–Trinajstić information content (AvgIpc) is 2.67. The number of anilines is 2. The maximum atomic E-state index is 13.3. The van der Waals surface area contributed by atoms with Crippen LogP contribution in [0, 0.1) is 0 Å². The number of rotatable bonds is 5. The highest BCUT2D eigenvalue weighted by Gasteiger charge is 2.33. The Labute approximate surface area is 171 Å². The Morgan fingerprint density at radius 2 is 1.80 bits per heavy atom. The second-order valence-corrected chi connectivity index (χ2v) is 6.39. The number of aromatic nitrogens is 1. The second-order valence-electron chi connectivity index (χ2n) is 5.98. The van der Waals surface area contributed by atoms with Crippen LogP contribution in [0.15, 0.2) is 36.5 Å². The van der Waals surface area contributed by atoms with Gasteiger partial charge in [0.25, 0.3) is 0 Å². The van der Waals surface area contributed by atoms with Gasteiger partial charge in [-0.1, -0.05) is 23.7 Å². The molecule has 3 aromatic rings. The minimum Gasteiger partial charge on any atom is -0.545 e. The van der Waals surface area contributed by atoms with Gasteiger partial charge in [-0.05, 0) is 12.1 Å². The number of carbonyl (C=O) groups excluding carboxylic acids is 2. The first kappa shape index (κ1) is 21.2. The normalized spacial score (nSPS) is 11.4. The molecule has 11 heteroatoms. The van der Waals surface area contributed by atoms with Crippen LogP contribution in [0.2, 0.25) is 5.02 Å². The molecule has 0 spiro atoms. The highest BCUT2D eigenvalue weighted by molar-refractivity contribution is 6.34. The van der Waals surface area contributed by atoms with Crippen LogP contribution in [-0.2, 0) is 6.18 Å². The number of ether oxygens (including phenoxy) is 1. The van der Waals surface area contributed by atoms with Crippen molar-refractivity contribution in [3.05, 3.63) is 58.2 Å². The molecule has 0 aliphatic rings. The zero-order valence-electron chi connectivity index (χ0n) is 15.0. The minimum atomic E-state index is -4.73. The summed E-state index contributed by atoms with van der Waals surface area (Å²) in [6.45, 7) is 0. The van der Waals surface area contributed by atoms with E-state index < -0.39 is 34.8 Å². The third-order valence-corrected chi connectivity index (χ3v) is 4.50. The monoisotopic (exact) mass is 438 g/mol. The molecule has 0 saturated heterocycles. The molecule has 0 aliphatic heterocycles. The summed E-state index contributed by atoms with van der Waals surface area (Å²) < 4.78 is 45.0. The van der Waals surface area contributed by atoms with E-state index in [9.17, 15) is 33.0 Å². The summed E-state index contributed by atoms with van der Waals surface area (Å²) >= 11 is 6.07. The number of pyridine rings is 1. The lowest BCUT2D eigenvalue weighted by Gasteiger charge is -2.19. The fourth-order valence-electron chi connectivity index (χ4n) is 2.85. The molecule has 0 saturated carbocycles. The van der Waals surface area contributed by atoms with E-state index in [-0.39, 0.29) is 33.1 Å². The SMILES string of the molecule is COc1cc(Nc2c(C(=O)[O-])cnc3c(C(F)(F)F)cccc23)c(Cl)cc1C(=O)[O-]. The maximum Gasteiger partial charge on any atom is 0.418 e. The van der Waals surface area contributed by atoms with E-state index in [4.69, 9.17) is 16.3 Å². The summed E-state index contributed by atoms with van der Waals surface area (Å²) in [7, 11) is 1.18. The number of carboxylic acid groups (broad SMARTS) is 2. The minimum absolute atomic E-state index is 0.0223. The third-order valence-electron chi connectivity index (χ3n) is 4.19. The van der Waals surface area contributed by atoms with E-state index in [0.29, 0.717) is 0 Å². The molecular weight excluding hydrogens is 429 g/mol. The van der Waals surface area contributed by atoms with Crippen molar-refractivity contribution in [1.29, 1.82) is 0 Å². The molecule has 3 rings (SSSR count). The van der Waals surface area contributed by atoms with Gasteiger partial charge in [0.05, 0.1) is 46.5 Å². The van der Waals surface area contributed by atoms with Crippen molar-refractivity contribution in [1.82, 2.24) is 4.98 Å². The molecule has 0 atom stereocenters. The number of benzene rings is 2. The van der Waals surface area contributed by atoms with Crippen LogP contribution in [0.1, 0.15) is 26.3 Å². The molecule has 7 nitrogen and oxygen atoms in total. The first-order chi connectivity index (χ1) is 14.0. The molecule has 0 amide bonds. The smallest absolute Gasteiger partial charge is 0.418 e. The summed E-state index contributed by atoms with van der Waals surface area (Å²) in [5, 5.41) is 25.0. The molecule has 1 aromatic heterocycles. The van der Waals surface area contributed by atoms with E-state index in [2.05, 4.69) is 10.3 Å². The van der Waals surface area contributed by atoms with Crippen LogP contribution in [0.4, 0.5) is 24.5 Å². The highest BCUT2D eigenvalue weighted by Crippen LogP contribution is 2.39. The largest absolute Gasteiger partial charge is 0.545 e. The Kier molecular flexibility index (Phi) is 5.45. The Balaban J connectivity index is 2.27. The van der Waals surface area contributed by atoms with E-state index in [1.807, 2.05) is 0 Å². The zero-order chi connectivity index (χ0) is 22.2. The van der Waals surface area contributed by atoms with Crippen LogP contribution < -0.4 is 20.3 Å². The summed E-state index contributed by atoms with van der Waals surface area (Å²) in [5.41, 5.74) is -2.74. The molecule has 0 fully saturated rings. The molecule has 156 valence electrons. The molecular formula is C19H10ClF3N2O5-2. The van der Waals surface area contributed by atoms with Gasteiger partial charge in [-0.15, -0.1) is 0 Å². The second kappa shape index (κ2) is 7.71. The zero-order valence-corrected chi connectivity index (χ0v) is 15.7. The van der Waals surface area contributed by atoms with Gasteiger partial charge >= 0.3 is 6.18 Å². The number of hydrogen-bond donors (Lipinski definition) is 1. The van der Waals surface area contributed by atoms with Gasteiger partial charge in [-0.3, -0.25) is 4.98 Å². The number of carbonyl (C=O) groups is 2. The molecule has 0 bridgehead atoms. The van der Waals surface area contributed by atoms with Crippen LogP contribution >= 0.6 is 11.6 Å². The number of carboxylic acids is 2. The number of methoxy groups -OCH3 is 1. The number of nitrogens with zero attached hydrogens (tertiary/aromatic N) is 1. The Morgan fingerprint density at radius 3 is 2.37 bits per heavy atom. The van der Waals surface area contributed by atoms with E-state index >= 15 is 0 Å². The van der Waals surface area contributed by atoms with Gasteiger partial charge in [0.2, 0.25) is 0 Å². The molecule has 2 aromatic carbocycles. The Morgan fingerprint density at radius 1 is 1.13 bits per heavy atom. The molecule has 1 N–H and O–H groups in total. The lowest BCUT2D eigenvalue weighted by atomic mass is 10.0. The van der Waals surface area contributed by atoms with Gasteiger partial charge < -0.3 is 29.9 Å². The summed E-state index contributed by atoms with van der Waals surface area (Å²) in [5.74, 6) is -3.43. The predicted octanol–water partition coefficient (Wildman–Crippen LogP) is 2.39. The van der Waals surface area contributed by atoms with Gasteiger partial charge in [0.15, 0.2) is 0 Å².